The molecule has 0 aliphatic carbocycles. The van der Waals surface area contributed by atoms with E-state index in [2.05, 4.69) is 4.98 Å². The van der Waals surface area contributed by atoms with Crippen molar-refractivity contribution in [1.82, 2.24) is 14.3 Å². The lowest BCUT2D eigenvalue weighted by atomic mass is 10.2. The summed E-state index contributed by atoms with van der Waals surface area (Å²) >= 11 is 0. The van der Waals surface area contributed by atoms with Gasteiger partial charge in [-0.25, -0.2) is 4.98 Å². The van der Waals surface area contributed by atoms with Crippen LogP contribution < -0.4 is 0 Å². The lowest BCUT2D eigenvalue weighted by molar-refractivity contribution is 0.0779. The number of phenolic OH excluding ortho intramolecular Hbond substituents is 1. The van der Waals surface area contributed by atoms with E-state index >= 15 is 0 Å². The second-order valence-electron chi connectivity index (χ2n) is 5.39. The summed E-state index contributed by atoms with van der Waals surface area (Å²) in [6.07, 6.45) is 3.61. The fourth-order valence-electron chi connectivity index (χ4n) is 2.35. The first kappa shape index (κ1) is 14.1. The number of carbonyl (C=O) groups is 1. The Morgan fingerprint density at radius 1 is 1.32 bits per heavy atom. The molecule has 2 aromatic heterocycles. The van der Waals surface area contributed by atoms with Crippen LogP contribution in [0.1, 0.15) is 21.6 Å². The summed E-state index contributed by atoms with van der Waals surface area (Å²) in [4.78, 5) is 18.4. The molecular weight excluding hydrogens is 278 g/mol. The van der Waals surface area contributed by atoms with Crippen molar-refractivity contribution < 1.29 is 9.90 Å². The molecule has 1 aromatic carbocycles. The molecule has 0 atom stereocenters. The minimum absolute atomic E-state index is 0.176. The first-order valence-corrected chi connectivity index (χ1v) is 7.02. The Labute approximate surface area is 128 Å². The van der Waals surface area contributed by atoms with Gasteiger partial charge in [-0.05, 0) is 30.7 Å². The molecule has 0 saturated carbocycles. The quantitative estimate of drug-likeness (QED) is 0.808. The van der Waals surface area contributed by atoms with Gasteiger partial charge < -0.3 is 14.4 Å². The molecule has 5 nitrogen and oxygen atoms in total. The van der Waals surface area contributed by atoms with E-state index in [1.165, 1.54) is 0 Å². The van der Waals surface area contributed by atoms with Gasteiger partial charge >= 0.3 is 0 Å². The topological polar surface area (TPSA) is 57.8 Å². The van der Waals surface area contributed by atoms with Crippen LogP contribution in [0, 0.1) is 6.92 Å². The van der Waals surface area contributed by atoms with Gasteiger partial charge in [0.25, 0.3) is 5.91 Å². The molecule has 3 aromatic rings. The minimum atomic E-state index is -0.176. The second kappa shape index (κ2) is 5.52. The predicted molar refractivity (Wildman–Crippen MR) is 83.8 cm³/mol. The molecule has 0 fully saturated rings. The molecule has 0 unspecified atom stereocenters. The highest BCUT2D eigenvalue weighted by Gasteiger charge is 2.16. The summed E-state index contributed by atoms with van der Waals surface area (Å²) in [5.41, 5.74) is 2.94. The zero-order chi connectivity index (χ0) is 15.7. The maximum absolute atomic E-state index is 12.5. The first-order chi connectivity index (χ1) is 10.5. The van der Waals surface area contributed by atoms with Crippen LogP contribution in [0.3, 0.4) is 0 Å². The second-order valence-corrected chi connectivity index (χ2v) is 5.39. The number of carbonyl (C=O) groups excluding carboxylic acids is 1. The molecule has 0 saturated heterocycles. The number of aromatic nitrogens is 2. The highest BCUT2D eigenvalue weighted by molar-refractivity contribution is 5.92. The number of hydrogen-bond donors (Lipinski definition) is 1. The van der Waals surface area contributed by atoms with Crippen LogP contribution in [0.4, 0.5) is 0 Å². The van der Waals surface area contributed by atoms with E-state index < -0.39 is 0 Å². The molecular formula is C17H17N3O2. The van der Waals surface area contributed by atoms with Crippen molar-refractivity contribution in [3.05, 3.63) is 65.6 Å². The third-order valence-corrected chi connectivity index (χ3v) is 3.58. The number of nitrogens with zero attached hydrogens (tertiary/aromatic N) is 3. The molecule has 3 rings (SSSR count). The van der Waals surface area contributed by atoms with Crippen LogP contribution in [0.5, 0.6) is 5.75 Å². The Morgan fingerprint density at radius 3 is 2.86 bits per heavy atom. The van der Waals surface area contributed by atoms with Gasteiger partial charge in [0.2, 0.25) is 0 Å². The van der Waals surface area contributed by atoms with Crippen molar-refractivity contribution in [3.63, 3.8) is 0 Å². The lowest BCUT2D eigenvalue weighted by Crippen LogP contribution is -2.26. The Bertz CT molecular complexity index is 839. The van der Waals surface area contributed by atoms with Gasteiger partial charge in [0, 0.05) is 31.5 Å². The van der Waals surface area contributed by atoms with E-state index in [1.54, 1.807) is 36.3 Å². The number of imidazole rings is 1. The van der Waals surface area contributed by atoms with Crippen LogP contribution in [-0.2, 0) is 6.54 Å². The molecule has 0 aliphatic heterocycles. The van der Waals surface area contributed by atoms with Crippen molar-refractivity contribution in [3.8, 4) is 5.75 Å². The number of phenols is 1. The maximum atomic E-state index is 12.5. The number of amides is 1. The largest absolute Gasteiger partial charge is 0.508 e. The smallest absolute Gasteiger partial charge is 0.274 e. The summed E-state index contributed by atoms with van der Waals surface area (Å²) in [5, 5.41) is 9.80. The van der Waals surface area contributed by atoms with Gasteiger partial charge in [0.1, 0.15) is 17.1 Å². The van der Waals surface area contributed by atoms with Crippen molar-refractivity contribution >= 4 is 11.6 Å². The Hall–Kier alpha value is -2.82. The molecule has 1 N–H and O–H groups in total. The van der Waals surface area contributed by atoms with Gasteiger partial charge in [-0.1, -0.05) is 18.2 Å². The molecule has 112 valence electrons. The summed E-state index contributed by atoms with van der Waals surface area (Å²) in [7, 11) is 1.70. The number of pyridine rings is 1. The fourth-order valence-corrected chi connectivity index (χ4v) is 2.35. The number of aromatic hydroxyl groups is 1. The zero-order valence-electron chi connectivity index (χ0n) is 12.5. The standard InChI is InChI=1S/C17H17N3O2/c1-12-7-8-20-11-14(18-16(20)9-12)17(22)19(2)10-13-5-3-4-6-15(13)21/h3-9,11,21H,10H2,1-2H3. The average molecular weight is 295 g/mol. The summed E-state index contributed by atoms with van der Waals surface area (Å²) in [6.45, 7) is 2.32. The minimum Gasteiger partial charge on any atom is -0.508 e. The number of para-hydroxylation sites is 1. The summed E-state index contributed by atoms with van der Waals surface area (Å²) in [5.74, 6) is 0.0115. The van der Waals surface area contributed by atoms with Gasteiger partial charge in [-0.3, -0.25) is 4.79 Å². The predicted octanol–water partition coefficient (Wildman–Crippen LogP) is 2.62. The zero-order valence-corrected chi connectivity index (χ0v) is 12.5. The van der Waals surface area contributed by atoms with E-state index in [0.717, 1.165) is 11.2 Å². The van der Waals surface area contributed by atoms with Crippen LogP contribution in [0.25, 0.3) is 5.65 Å². The number of benzene rings is 1. The van der Waals surface area contributed by atoms with Crippen LogP contribution >= 0.6 is 0 Å². The molecule has 2 heterocycles. The third-order valence-electron chi connectivity index (χ3n) is 3.58. The first-order valence-electron chi connectivity index (χ1n) is 7.02. The van der Waals surface area contributed by atoms with Crippen LogP contribution in [0.2, 0.25) is 0 Å². The van der Waals surface area contributed by atoms with E-state index in [0.29, 0.717) is 17.8 Å². The molecule has 0 spiro atoms. The highest BCUT2D eigenvalue weighted by atomic mass is 16.3. The van der Waals surface area contributed by atoms with Crippen molar-refractivity contribution in [2.24, 2.45) is 0 Å². The maximum Gasteiger partial charge on any atom is 0.274 e. The van der Waals surface area contributed by atoms with Crippen molar-refractivity contribution in [2.75, 3.05) is 7.05 Å². The van der Waals surface area contributed by atoms with Gasteiger partial charge in [0.15, 0.2) is 0 Å². The SMILES string of the molecule is Cc1ccn2cc(C(=O)N(C)Cc3ccccc3O)nc2c1. The third kappa shape index (κ3) is 2.65. The van der Waals surface area contributed by atoms with E-state index in [-0.39, 0.29) is 11.7 Å². The molecule has 0 aliphatic rings. The Morgan fingerprint density at radius 2 is 2.09 bits per heavy atom. The fraction of sp³-hybridized carbons (Fsp3) is 0.176. The summed E-state index contributed by atoms with van der Waals surface area (Å²) < 4.78 is 1.83. The van der Waals surface area contributed by atoms with Crippen molar-refractivity contribution in [1.29, 1.82) is 0 Å². The normalized spacial score (nSPS) is 10.8. The molecule has 5 heteroatoms. The molecule has 0 radical (unpaired) electrons. The van der Waals surface area contributed by atoms with Crippen LogP contribution in [0.15, 0.2) is 48.8 Å². The Balaban J connectivity index is 1.84. The number of aryl methyl sites for hydroxylation is 1. The van der Waals surface area contributed by atoms with Gasteiger partial charge in [-0.2, -0.15) is 0 Å². The summed E-state index contributed by atoms with van der Waals surface area (Å²) in [6, 6.07) is 10.9. The highest BCUT2D eigenvalue weighted by Crippen LogP contribution is 2.18. The molecule has 22 heavy (non-hydrogen) atoms. The number of fused-ring (bicyclic) bond motifs is 1. The lowest BCUT2D eigenvalue weighted by Gasteiger charge is -2.16. The monoisotopic (exact) mass is 295 g/mol. The van der Waals surface area contributed by atoms with Gasteiger partial charge in [0.05, 0.1) is 0 Å². The molecule has 0 bridgehead atoms. The Kier molecular flexibility index (Phi) is 3.55. The van der Waals surface area contributed by atoms with E-state index in [4.69, 9.17) is 0 Å². The van der Waals surface area contributed by atoms with E-state index in [1.807, 2.05) is 35.7 Å². The number of rotatable bonds is 3. The average Bonchev–Trinajstić information content (AvgIpc) is 2.91. The number of hydrogen-bond acceptors (Lipinski definition) is 3. The molecule has 1 amide bonds. The van der Waals surface area contributed by atoms with E-state index in [9.17, 15) is 9.90 Å². The van der Waals surface area contributed by atoms with Crippen molar-refractivity contribution in [2.45, 2.75) is 13.5 Å². The van der Waals surface area contributed by atoms with Crippen LogP contribution in [-0.4, -0.2) is 32.3 Å². The van der Waals surface area contributed by atoms with Gasteiger partial charge in [-0.15, -0.1) is 0 Å².